The van der Waals surface area contributed by atoms with Crippen LogP contribution in [0.1, 0.15) is 112 Å². The lowest BCUT2D eigenvalue weighted by Crippen LogP contribution is -1.80. The molecule has 0 saturated carbocycles. The van der Waals surface area contributed by atoms with Gasteiger partial charge in [0.1, 0.15) is 0 Å². The molecule has 5 aromatic rings. The Morgan fingerprint density at radius 1 is 0.444 bits per heavy atom. The van der Waals surface area contributed by atoms with Gasteiger partial charge in [-0.05, 0) is 56.7 Å². The third-order valence-corrected chi connectivity index (χ3v) is 12.6. The molecule has 0 amide bonds. The van der Waals surface area contributed by atoms with E-state index in [1.54, 1.807) is 49.6 Å². The van der Waals surface area contributed by atoms with E-state index >= 15 is 0 Å². The van der Waals surface area contributed by atoms with Gasteiger partial charge in [0.15, 0.2) is 0 Å². The Balaban J connectivity index is 1.55. The number of fused-ring (bicyclic) bond motifs is 8. The Kier molecular flexibility index (Phi) is 9.43. The van der Waals surface area contributed by atoms with Crippen molar-refractivity contribution < 1.29 is 0 Å². The van der Waals surface area contributed by atoms with Gasteiger partial charge in [0.05, 0.1) is 14.1 Å². The number of hydrogen-bond donors (Lipinski definition) is 0. The lowest BCUT2D eigenvalue weighted by molar-refractivity contribution is 0.670. The molecule has 4 heterocycles. The van der Waals surface area contributed by atoms with Crippen molar-refractivity contribution in [3.8, 4) is 0 Å². The summed E-state index contributed by atoms with van der Waals surface area (Å²) in [5, 5.41) is 4.68. The van der Waals surface area contributed by atoms with Crippen LogP contribution in [0.2, 0.25) is 0 Å². The molecule has 4 heteroatoms. The minimum absolute atomic E-state index is 1.25. The highest BCUT2D eigenvalue weighted by Crippen LogP contribution is 2.51. The zero-order chi connectivity index (χ0) is 24.9. The second kappa shape index (κ2) is 12.7. The predicted octanol–water partition coefficient (Wildman–Crippen LogP) is 12.9. The zero-order valence-electron chi connectivity index (χ0n) is 22.5. The Labute approximate surface area is 233 Å². The topological polar surface area (TPSA) is 0 Å². The van der Waals surface area contributed by atoms with Crippen LogP contribution in [-0.2, 0) is 19.3 Å². The van der Waals surface area contributed by atoms with Gasteiger partial charge in [0, 0.05) is 40.2 Å². The lowest BCUT2D eigenvalue weighted by atomic mass is 10.1. The monoisotopic (exact) mass is 554 g/mol. The van der Waals surface area contributed by atoms with Gasteiger partial charge in [-0.25, -0.2) is 0 Å². The summed E-state index contributed by atoms with van der Waals surface area (Å²) in [4.78, 5) is 4.80. The van der Waals surface area contributed by atoms with Gasteiger partial charge in [0.25, 0.3) is 0 Å². The van der Waals surface area contributed by atoms with Gasteiger partial charge in [0.2, 0.25) is 0 Å². The average Bonchev–Trinajstić information content (AvgIpc) is 3.63. The zero-order valence-corrected chi connectivity index (χ0v) is 25.7. The van der Waals surface area contributed by atoms with Gasteiger partial charge in [-0.2, -0.15) is 0 Å². The molecule has 0 bridgehead atoms. The highest BCUT2D eigenvalue weighted by atomic mass is 32.1. The number of unbranched alkanes of at least 4 members (excludes halogenated alkanes) is 9. The Morgan fingerprint density at radius 3 is 1.47 bits per heavy atom. The van der Waals surface area contributed by atoms with Crippen molar-refractivity contribution >= 4 is 85.0 Å². The quantitative estimate of drug-likeness (QED) is 0.113. The van der Waals surface area contributed by atoms with Gasteiger partial charge < -0.3 is 0 Å². The third kappa shape index (κ3) is 5.72. The number of benzene rings is 1. The van der Waals surface area contributed by atoms with Crippen LogP contribution in [0.25, 0.3) is 39.7 Å². The summed E-state index contributed by atoms with van der Waals surface area (Å²) in [5.41, 5.74) is 0. The second-order valence-electron chi connectivity index (χ2n) is 10.6. The van der Waals surface area contributed by atoms with Crippen LogP contribution in [0.15, 0.2) is 18.2 Å². The highest BCUT2D eigenvalue weighted by Gasteiger charge is 2.20. The summed E-state index contributed by atoms with van der Waals surface area (Å²) in [6, 6.07) is 7.69. The molecule has 1 aromatic carbocycles. The fraction of sp³-hybridized carbons (Fsp3) is 0.562. The SMILES string of the molecule is CCCCCCc1cc2c(s1)c1sc(CCCCCC)cc1c1c3sc(CCCCCC)cc3sc21. The van der Waals surface area contributed by atoms with Gasteiger partial charge >= 0.3 is 0 Å². The summed E-state index contributed by atoms with van der Waals surface area (Å²) in [6.45, 7) is 6.92. The van der Waals surface area contributed by atoms with Crippen molar-refractivity contribution in [1.29, 1.82) is 0 Å². The molecule has 0 saturated heterocycles. The average molecular weight is 555 g/mol. The number of rotatable bonds is 15. The largest absolute Gasteiger partial charge is 0.139 e. The maximum atomic E-state index is 2.58. The van der Waals surface area contributed by atoms with Crippen LogP contribution in [-0.4, -0.2) is 0 Å². The summed E-state index contributed by atoms with van der Waals surface area (Å²) in [7, 11) is 0. The first-order chi connectivity index (χ1) is 17.7. The van der Waals surface area contributed by atoms with E-state index < -0.39 is 0 Å². The molecule has 0 atom stereocenters. The molecular formula is C32H42S4. The van der Waals surface area contributed by atoms with Crippen molar-refractivity contribution in [1.82, 2.24) is 0 Å². The van der Waals surface area contributed by atoms with E-state index in [9.17, 15) is 0 Å². The maximum absolute atomic E-state index is 2.58. The molecule has 36 heavy (non-hydrogen) atoms. The molecule has 0 spiro atoms. The van der Waals surface area contributed by atoms with E-state index in [0.717, 1.165) is 0 Å². The highest BCUT2D eigenvalue weighted by molar-refractivity contribution is 7.35. The van der Waals surface area contributed by atoms with Crippen molar-refractivity contribution in [2.45, 2.75) is 117 Å². The minimum Gasteiger partial charge on any atom is -0.139 e. The Morgan fingerprint density at radius 2 is 0.917 bits per heavy atom. The summed E-state index contributed by atoms with van der Waals surface area (Å²) in [6.07, 6.45) is 19.9. The smallest absolute Gasteiger partial charge is 0.0539 e. The van der Waals surface area contributed by atoms with Crippen LogP contribution in [0.5, 0.6) is 0 Å². The van der Waals surface area contributed by atoms with E-state index in [0.29, 0.717) is 0 Å². The summed E-state index contributed by atoms with van der Waals surface area (Å²) in [5.74, 6) is 0. The minimum atomic E-state index is 1.25. The molecule has 0 aliphatic rings. The van der Waals surface area contributed by atoms with E-state index in [4.69, 9.17) is 0 Å². The van der Waals surface area contributed by atoms with Crippen LogP contribution in [0.3, 0.4) is 0 Å². The van der Waals surface area contributed by atoms with Crippen LogP contribution in [0, 0.1) is 0 Å². The summed E-state index contributed by atoms with van der Waals surface area (Å²) < 4.78 is 7.80. The number of hydrogen-bond acceptors (Lipinski definition) is 4. The Hall–Kier alpha value is -0.940. The first-order valence-electron chi connectivity index (χ1n) is 14.5. The molecule has 5 rings (SSSR count). The molecule has 0 unspecified atom stereocenters. The molecular weight excluding hydrogens is 513 g/mol. The molecule has 0 radical (unpaired) electrons. The fourth-order valence-corrected chi connectivity index (χ4v) is 10.9. The van der Waals surface area contributed by atoms with Gasteiger partial charge in [-0.15, -0.1) is 45.3 Å². The number of thiophene rings is 4. The van der Waals surface area contributed by atoms with Gasteiger partial charge in [-0.3, -0.25) is 0 Å². The first-order valence-corrected chi connectivity index (χ1v) is 17.8. The van der Waals surface area contributed by atoms with Crippen molar-refractivity contribution in [3.63, 3.8) is 0 Å². The van der Waals surface area contributed by atoms with Crippen molar-refractivity contribution in [2.24, 2.45) is 0 Å². The van der Waals surface area contributed by atoms with E-state index in [-0.39, 0.29) is 0 Å². The van der Waals surface area contributed by atoms with Crippen molar-refractivity contribution in [3.05, 3.63) is 32.8 Å². The van der Waals surface area contributed by atoms with E-state index in [2.05, 4.69) is 84.3 Å². The maximum Gasteiger partial charge on any atom is 0.0539 e. The molecule has 0 fully saturated rings. The molecule has 4 aromatic heterocycles. The second-order valence-corrected chi connectivity index (χ2v) is 15.0. The normalized spacial score (nSPS) is 12.3. The van der Waals surface area contributed by atoms with Crippen LogP contribution < -0.4 is 0 Å². The van der Waals surface area contributed by atoms with Crippen molar-refractivity contribution in [2.75, 3.05) is 0 Å². The Bertz CT molecular complexity index is 1410. The summed E-state index contributed by atoms with van der Waals surface area (Å²) >= 11 is 8.36. The van der Waals surface area contributed by atoms with E-state index in [1.165, 1.54) is 101 Å². The predicted molar refractivity (Wildman–Crippen MR) is 172 cm³/mol. The third-order valence-electron chi connectivity index (χ3n) is 7.53. The van der Waals surface area contributed by atoms with Crippen LogP contribution >= 0.6 is 45.3 Å². The van der Waals surface area contributed by atoms with E-state index in [1.807, 2.05) is 0 Å². The number of aryl methyl sites for hydroxylation is 3. The molecule has 0 N–H and O–H groups in total. The lowest BCUT2D eigenvalue weighted by Gasteiger charge is -1.99. The molecule has 194 valence electrons. The standard InChI is InChI=1S/C32H42S4/c1-4-7-10-13-16-22-19-25-28-29(36-27-21-24(35-32(27)28)18-15-12-9-6-3)26-20-23(17-14-11-8-5-2)34-31(26)30(25)33-22/h19-21H,4-18H2,1-3H3. The molecule has 0 aliphatic carbocycles. The fourth-order valence-electron chi connectivity index (χ4n) is 5.49. The molecule has 0 nitrogen and oxygen atoms in total. The van der Waals surface area contributed by atoms with Gasteiger partial charge in [-0.1, -0.05) is 78.6 Å². The first kappa shape index (κ1) is 26.7. The molecule has 0 aliphatic heterocycles. The van der Waals surface area contributed by atoms with Crippen LogP contribution in [0.4, 0.5) is 0 Å².